The van der Waals surface area contributed by atoms with Gasteiger partial charge in [0.15, 0.2) is 11.5 Å². The number of pyridine rings is 2. The standard InChI is InChI=1S/C24H17N7S/c25-13-15-6-8-17(9-7-15)22-18(16-4-2-1-3-5-16)12-19-20(26-22)10-11-31-23(19)28-29-24(31)21-14-32-30-27-21/h1-12,14H,13,25H2. The first kappa shape index (κ1) is 18.7. The average molecular weight is 436 g/mol. The highest BCUT2D eigenvalue weighted by Crippen LogP contribution is 2.35. The maximum Gasteiger partial charge on any atom is 0.189 e. The van der Waals surface area contributed by atoms with E-state index in [1.54, 1.807) is 0 Å². The van der Waals surface area contributed by atoms with Crippen molar-refractivity contribution in [1.82, 2.24) is 29.2 Å². The minimum Gasteiger partial charge on any atom is -0.326 e. The molecule has 32 heavy (non-hydrogen) atoms. The van der Waals surface area contributed by atoms with Crippen molar-refractivity contribution in [3.63, 3.8) is 0 Å². The third-order valence-electron chi connectivity index (χ3n) is 5.51. The quantitative estimate of drug-likeness (QED) is 0.435. The Morgan fingerprint density at radius 2 is 1.72 bits per heavy atom. The number of nitrogens with two attached hydrogens (primary N) is 1. The smallest absolute Gasteiger partial charge is 0.189 e. The van der Waals surface area contributed by atoms with Crippen molar-refractivity contribution >= 4 is 28.1 Å². The van der Waals surface area contributed by atoms with Crippen LogP contribution >= 0.6 is 11.5 Å². The van der Waals surface area contributed by atoms with Crippen LogP contribution in [0, 0.1) is 0 Å². The normalized spacial score (nSPS) is 11.4. The highest BCUT2D eigenvalue weighted by Gasteiger charge is 2.17. The van der Waals surface area contributed by atoms with E-state index < -0.39 is 0 Å². The second-order valence-corrected chi connectivity index (χ2v) is 8.02. The van der Waals surface area contributed by atoms with Crippen LogP contribution in [0.1, 0.15) is 5.56 Å². The van der Waals surface area contributed by atoms with Crippen molar-refractivity contribution in [2.75, 3.05) is 0 Å². The van der Waals surface area contributed by atoms with E-state index >= 15 is 0 Å². The number of aromatic nitrogens is 6. The van der Waals surface area contributed by atoms with E-state index in [1.165, 1.54) is 11.5 Å². The largest absolute Gasteiger partial charge is 0.326 e. The fraction of sp³-hybridized carbons (Fsp3) is 0.0417. The molecular formula is C24H17N7S. The molecule has 0 bridgehead atoms. The number of fused-ring (bicyclic) bond motifs is 3. The van der Waals surface area contributed by atoms with E-state index in [0.717, 1.165) is 44.5 Å². The Bertz CT molecular complexity index is 1540. The summed E-state index contributed by atoms with van der Waals surface area (Å²) < 4.78 is 5.88. The summed E-state index contributed by atoms with van der Waals surface area (Å²) in [6.07, 6.45) is 1.93. The van der Waals surface area contributed by atoms with Gasteiger partial charge < -0.3 is 5.73 Å². The first-order valence-electron chi connectivity index (χ1n) is 10.1. The van der Waals surface area contributed by atoms with E-state index in [0.29, 0.717) is 18.1 Å². The lowest BCUT2D eigenvalue weighted by molar-refractivity contribution is 1.07. The molecule has 154 valence electrons. The predicted molar refractivity (Wildman–Crippen MR) is 126 cm³/mol. The molecule has 0 aliphatic carbocycles. The van der Waals surface area contributed by atoms with Gasteiger partial charge in [-0.15, -0.1) is 15.3 Å². The monoisotopic (exact) mass is 435 g/mol. The van der Waals surface area contributed by atoms with Gasteiger partial charge in [0.25, 0.3) is 0 Å². The van der Waals surface area contributed by atoms with Crippen molar-refractivity contribution in [1.29, 1.82) is 0 Å². The van der Waals surface area contributed by atoms with Crippen LogP contribution in [-0.2, 0) is 6.54 Å². The molecule has 6 aromatic rings. The summed E-state index contributed by atoms with van der Waals surface area (Å²) in [6, 6.07) is 22.7. The molecule has 0 spiro atoms. The summed E-state index contributed by atoms with van der Waals surface area (Å²) in [5.41, 5.74) is 13.2. The van der Waals surface area contributed by atoms with Crippen LogP contribution in [0.25, 0.3) is 50.5 Å². The molecule has 0 fully saturated rings. The highest BCUT2D eigenvalue weighted by molar-refractivity contribution is 7.03. The molecule has 0 unspecified atom stereocenters. The van der Waals surface area contributed by atoms with Gasteiger partial charge in [-0.3, -0.25) is 4.40 Å². The van der Waals surface area contributed by atoms with Crippen LogP contribution in [0.2, 0.25) is 0 Å². The van der Waals surface area contributed by atoms with Crippen molar-refractivity contribution in [3.05, 3.63) is 83.9 Å². The van der Waals surface area contributed by atoms with Gasteiger partial charge >= 0.3 is 0 Å². The molecule has 0 aliphatic rings. The number of nitrogens with zero attached hydrogens (tertiary/aromatic N) is 6. The molecule has 0 saturated heterocycles. The Morgan fingerprint density at radius 3 is 2.47 bits per heavy atom. The zero-order valence-electron chi connectivity index (χ0n) is 16.9. The van der Waals surface area contributed by atoms with E-state index in [1.807, 2.05) is 52.4 Å². The lowest BCUT2D eigenvalue weighted by atomic mass is 9.97. The summed E-state index contributed by atoms with van der Waals surface area (Å²) in [7, 11) is 0. The molecule has 4 aromatic heterocycles. The van der Waals surface area contributed by atoms with Crippen LogP contribution in [-0.4, -0.2) is 29.2 Å². The molecule has 0 saturated carbocycles. The van der Waals surface area contributed by atoms with Gasteiger partial charge in [-0.1, -0.05) is 59.1 Å². The molecule has 8 heteroatoms. The lowest BCUT2D eigenvalue weighted by Crippen LogP contribution is -1.97. The summed E-state index contributed by atoms with van der Waals surface area (Å²) in [5, 5.41) is 15.8. The van der Waals surface area contributed by atoms with Gasteiger partial charge in [-0.2, -0.15) is 0 Å². The highest BCUT2D eigenvalue weighted by atomic mass is 32.1. The minimum atomic E-state index is 0.513. The molecule has 2 N–H and O–H groups in total. The number of benzene rings is 2. The van der Waals surface area contributed by atoms with Crippen LogP contribution < -0.4 is 5.73 Å². The fourth-order valence-corrected chi connectivity index (χ4v) is 4.32. The van der Waals surface area contributed by atoms with Gasteiger partial charge in [-0.25, -0.2) is 4.98 Å². The number of rotatable bonds is 4. The molecular weight excluding hydrogens is 418 g/mol. The van der Waals surface area contributed by atoms with E-state index in [-0.39, 0.29) is 0 Å². The molecule has 6 rings (SSSR count). The fourth-order valence-electron chi connectivity index (χ4n) is 3.89. The molecule has 0 atom stereocenters. The Hall–Kier alpha value is -4.01. The van der Waals surface area contributed by atoms with Crippen LogP contribution in [0.5, 0.6) is 0 Å². The second kappa shape index (κ2) is 7.60. The van der Waals surface area contributed by atoms with Gasteiger partial charge in [-0.05, 0) is 34.8 Å². The molecule has 4 heterocycles. The zero-order valence-corrected chi connectivity index (χ0v) is 17.7. The van der Waals surface area contributed by atoms with Crippen LogP contribution in [0.3, 0.4) is 0 Å². The van der Waals surface area contributed by atoms with Crippen molar-refractivity contribution in [3.8, 4) is 33.9 Å². The van der Waals surface area contributed by atoms with Crippen molar-refractivity contribution in [2.45, 2.75) is 6.54 Å². The van der Waals surface area contributed by atoms with Crippen molar-refractivity contribution < 1.29 is 0 Å². The lowest BCUT2D eigenvalue weighted by Gasteiger charge is -2.12. The van der Waals surface area contributed by atoms with Gasteiger partial charge in [0, 0.05) is 34.6 Å². The summed E-state index contributed by atoms with van der Waals surface area (Å²) in [6.45, 7) is 0.513. The summed E-state index contributed by atoms with van der Waals surface area (Å²) in [4.78, 5) is 5.06. The van der Waals surface area contributed by atoms with Crippen molar-refractivity contribution in [2.24, 2.45) is 5.73 Å². The maximum absolute atomic E-state index is 5.79. The number of hydrogen-bond donors (Lipinski definition) is 1. The van der Waals surface area contributed by atoms with Gasteiger partial charge in [0.1, 0.15) is 5.69 Å². The average Bonchev–Trinajstić information content (AvgIpc) is 3.54. The van der Waals surface area contributed by atoms with Gasteiger partial charge in [0.2, 0.25) is 0 Å². The molecule has 2 aromatic carbocycles. The van der Waals surface area contributed by atoms with Gasteiger partial charge in [0.05, 0.1) is 11.2 Å². The first-order chi connectivity index (χ1) is 15.8. The molecule has 0 amide bonds. The zero-order chi connectivity index (χ0) is 21.5. The predicted octanol–water partition coefficient (Wildman–Crippen LogP) is 4.59. The first-order valence-corrected chi connectivity index (χ1v) is 11.0. The summed E-state index contributed by atoms with van der Waals surface area (Å²) in [5.74, 6) is 0.665. The third kappa shape index (κ3) is 3.05. The molecule has 7 nitrogen and oxygen atoms in total. The van der Waals surface area contributed by atoms with Crippen LogP contribution in [0.15, 0.2) is 78.3 Å². The third-order valence-corrected chi connectivity index (χ3v) is 6.01. The van der Waals surface area contributed by atoms with E-state index in [4.69, 9.17) is 10.7 Å². The number of hydrogen-bond acceptors (Lipinski definition) is 7. The van der Waals surface area contributed by atoms with E-state index in [9.17, 15) is 0 Å². The maximum atomic E-state index is 5.79. The Kier molecular flexibility index (Phi) is 4.45. The Morgan fingerprint density at radius 1 is 0.875 bits per heavy atom. The second-order valence-electron chi connectivity index (χ2n) is 7.41. The summed E-state index contributed by atoms with van der Waals surface area (Å²) >= 11 is 1.29. The Balaban J connectivity index is 1.63. The Labute approximate surface area is 187 Å². The SMILES string of the molecule is NCc1ccc(-c2nc3ccn4c(-c5csnn5)nnc4c3cc2-c2ccccc2)cc1. The topological polar surface area (TPSA) is 94.9 Å². The van der Waals surface area contributed by atoms with Crippen LogP contribution in [0.4, 0.5) is 0 Å². The molecule has 0 aliphatic heterocycles. The van der Waals surface area contributed by atoms with E-state index in [2.05, 4.69) is 50.1 Å². The minimum absolute atomic E-state index is 0.513. The molecule has 0 radical (unpaired) electrons.